The van der Waals surface area contributed by atoms with Gasteiger partial charge >= 0.3 is 4.87 Å². The van der Waals surface area contributed by atoms with Gasteiger partial charge in [-0.15, -0.1) is 0 Å². The fourth-order valence-corrected chi connectivity index (χ4v) is 2.98. The van der Waals surface area contributed by atoms with E-state index in [2.05, 4.69) is 4.98 Å². The lowest BCUT2D eigenvalue weighted by atomic mass is 10.1. The fraction of sp³-hybridized carbons (Fsp3) is 0.111. The Hall–Kier alpha value is -2.86. The van der Waals surface area contributed by atoms with Crippen LogP contribution in [0.3, 0.4) is 0 Å². The average Bonchev–Trinajstić information content (AvgIpc) is 2.92. The molecule has 0 saturated heterocycles. The molecule has 0 fully saturated rings. The van der Waals surface area contributed by atoms with Gasteiger partial charge in [-0.1, -0.05) is 53.8 Å². The van der Waals surface area contributed by atoms with Gasteiger partial charge in [-0.3, -0.25) is 14.6 Å². The third kappa shape index (κ3) is 3.91. The van der Waals surface area contributed by atoms with Crippen LogP contribution in [0, 0.1) is 0 Å². The number of H-pyrrole nitrogens is 1. The Morgan fingerprint density at radius 1 is 1.08 bits per heavy atom. The molecule has 2 N–H and O–H groups in total. The zero-order chi connectivity index (χ0) is 16.9. The summed E-state index contributed by atoms with van der Waals surface area (Å²) in [5, 5.41) is 9.59. The highest BCUT2D eigenvalue weighted by atomic mass is 32.1. The topological polar surface area (TPSA) is 79.4 Å². The van der Waals surface area contributed by atoms with Gasteiger partial charge in [-0.25, -0.2) is 0 Å². The summed E-state index contributed by atoms with van der Waals surface area (Å²) >= 11 is 0.988. The van der Waals surface area contributed by atoms with E-state index in [1.54, 1.807) is 24.3 Å². The molecule has 1 heterocycles. The first-order valence-electron chi connectivity index (χ1n) is 7.33. The van der Waals surface area contributed by atoms with Gasteiger partial charge in [0.05, 0.1) is 4.88 Å². The van der Waals surface area contributed by atoms with E-state index in [-0.39, 0.29) is 23.1 Å². The smallest absolute Gasteiger partial charge is 0.307 e. The lowest BCUT2D eigenvalue weighted by Gasteiger charge is -2.06. The van der Waals surface area contributed by atoms with Crippen LogP contribution in [0.1, 0.15) is 20.8 Å². The molecule has 0 aliphatic rings. The van der Waals surface area contributed by atoms with Crippen molar-refractivity contribution in [1.29, 1.82) is 0 Å². The standard InChI is InChI=1S/C18H15NO4S/c20-15(13-4-2-1-3-5-13)11-23-14-8-6-12(7-9-14)10-16-17(21)19-18(22)24-16/h1-9,21H,10-11H2,(H,19,22). The Morgan fingerprint density at radius 3 is 2.42 bits per heavy atom. The van der Waals surface area contributed by atoms with Crippen LogP contribution in [0.4, 0.5) is 0 Å². The van der Waals surface area contributed by atoms with E-state index in [1.165, 1.54) is 0 Å². The van der Waals surface area contributed by atoms with Gasteiger partial charge in [0.2, 0.25) is 5.88 Å². The van der Waals surface area contributed by atoms with Crippen LogP contribution in [0.2, 0.25) is 0 Å². The quantitative estimate of drug-likeness (QED) is 0.676. The average molecular weight is 341 g/mol. The number of Topliss-reactive ketones (excluding diaryl/α,β-unsaturated/α-hetero) is 1. The first kappa shape index (κ1) is 16.0. The van der Waals surface area contributed by atoms with E-state index in [0.29, 0.717) is 22.6 Å². The van der Waals surface area contributed by atoms with Gasteiger partial charge in [-0.05, 0) is 17.7 Å². The van der Waals surface area contributed by atoms with E-state index in [9.17, 15) is 14.7 Å². The highest BCUT2D eigenvalue weighted by molar-refractivity contribution is 7.09. The molecule has 0 saturated carbocycles. The predicted octanol–water partition coefficient (Wildman–Crippen LogP) is 2.99. The number of nitrogens with one attached hydrogen (secondary N) is 1. The Morgan fingerprint density at radius 2 is 1.79 bits per heavy atom. The summed E-state index contributed by atoms with van der Waals surface area (Å²) in [4.78, 5) is 25.8. The van der Waals surface area contributed by atoms with Crippen LogP contribution in [-0.4, -0.2) is 22.5 Å². The van der Waals surface area contributed by atoms with Crippen LogP contribution >= 0.6 is 11.3 Å². The lowest BCUT2D eigenvalue weighted by molar-refractivity contribution is 0.0921. The normalized spacial score (nSPS) is 10.5. The number of rotatable bonds is 6. The first-order valence-corrected chi connectivity index (χ1v) is 8.14. The zero-order valence-electron chi connectivity index (χ0n) is 12.7. The Balaban J connectivity index is 1.59. The van der Waals surface area contributed by atoms with E-state index in [1.807, 2.05) is 30.3 Å². The number of benzene rings is 2. The molecule has 0 atom stereocenters. The molecule has 6 heteroatoms. The predicted molar refractivity (Wildman–Crippen MR) is 92.1 cm³/mol. The fourth-order valence-electron chi connectivity index (χ4n) is 2.22. The van der Waals surface area contributed by atoms with Gasteiger partial charge in [0.25, 0.3) is 0 Å². The molecule has 0 spiro atoms. The van der Waals surface area contributed by atoms with Gasteiger partial charge in [0.1, 0.15) is 5.75 Å². The summed E-state index contributed by atoms with van der Waals surface area (Å²) in [7, 11) is 0. The van der Waals surface area contributed by atoms with Crippen molar-refractivity contribution >= 4 is 17.1 Å². The van der Waals surface area contributed by atoms with Crippen molar-refractivity contribution < 1.29 is 14.6 Å². The number of carbonyl (C=O) groups excluding carboxylic acids is 1. The molecule has 1 aromatic heterocycles. The van der Waals surface area contributed by atoms with Crippen molar-refractivity contribution in [3.05, 3.63) is 80.3 Å². The summed E-state index contributed by atoms with van der Waals surface area (Å²) in [6.45, 7) is -0.0242. The summed E-state index contributed by atoms with van der Waals surface area (Å²) in [5.74, 6) is 0.426. The van der Waals surface area contributed by atoms with Crippen molar-refractivity contribution in [3.63, 3.8) is 0 Å². The number of aromatic nitrogens is 1. The molecule has 5 nitrogen and oxygen atoms in total. The molecule has 0 unspecified atom stereocenters. The van der Waals surface area contributed by atoms with Crippen LogP contribution in [0.5, 0.6) is 11.6 Å². The molecule has 24 heavy (non-hydrogen) atoms. The molecular formula is C18H15NO4S. The summed E-state index contributed by atoms with van der Waals surface area (Å²) in [6.07, 6.45) is 0.457. The van der Waals surface area contributed by atoms with Gasteiger partial charge < -0.3 is 9.84 Å². The van der Waals surface area contributed by atoms with Crippen molar-refractivity contribution in [1.82, 2.24) is 4.98 Å². The number of thiazole rings is 1. The number of aromatic amines is 1. The van der Waals surface area contributed by atoms with Gasteiger partial charge in [0.15, 0.2) is 12.4 Å². The maximum absolute atomic E-state index is 12.0. The highest BCUT2D eigenvalue weighted by Crippen LogP contribution is 2.21. The number of hydrogen-bond acceptors (Lipinski definition) is 5. The largest absolute Gasteiger partial charge is 0.494 e. The number of hydrogen-bond donors (Lipinski definition) is 2. The monoisotopic (exact) mass is 341 g/mol. The van der Waals surface area contributed by atoms with E-state index in [0.717, 1.165) is 16.9 Å². The van der Waals surface area contributed by atoms with Crippen molar-refractivity contribution in [2.75, 3.05) is 6.61 Å². The second-order valence-electron chi connectivity index (χ2n) is 5.18. The van der Waals surface area contributed by atoms with Crippen molar-refractivity contribution in [2.45, 2.75) is 6.42 Å². The van der Waals surface area contributed by atoms with Crippen LogP contribution in [-0.2, 0) is 6.42 Å². The van der Waals surface area contributed by atoms with Crippen LogP contribution in [0.25, 0.3) is 0 Å². The number of carbonyl (C=O) groups is 1. The summed E-state index contributed by atoms with van der Waals surface area (Å²) in [5.41, 5.74) is 1.55. The van der Waals surface area contributed by atoms with Crippen molar-refractivity contribution in [3.8, 4) is 11.6 Å². The summed E-state index contributed by atoms with van der Waals surface area (Å²) in [6, 6.07) is 16.2. The van der Waals surface area contributed by atoms with E-state index in [4.69, 9.17) is 4.74 Å². The Labute approximate surface area is 142 Å². The summed E-state index contributed by atoms with van der Waals surface area (Å²) < 4.78 is 5.50. The third-order valence-electron chi connectivity index (χ3n) is 3.45. The van der Waals surface area contributed by atoms with E-state index < -0.39 is 0 Å². The first-order chi connectivity index (χ1) is 11.6. The van der Waals surface area contributed by atoms with Crippen LogP contribution < -0.4 is 9.61 Å². The van der Waals surface area contributed by atoms with E-state index >= 15 is 0 Å². The molecule has 0 radical (unpaired) electrons. The highest BCUT2D eigenvalue weighted by Gasteiger charge is 2.09. The lowest BCUT2D eigenvalue weighted by Crippen LogP contribution is -2.11. The second-order valence-corrected chi connectivity index (χ2v) is 6.25. The molecule has 3 aromatic rings. The molecule has 2 aromatic carbocycles. The number of ketones is 1. The minimum absolute atomic E-state index is 0.0242. The van der Waals surface area contributed by atoms with Crippen molar-refractivity contribution in [2.24, 2.45) is 0 Å². The molecular weight excluding hydrogens is 326 g/mol. The molecule has 0 bridgehead atoms. The Bertz CT molecular complexity index is 881. The maximum atomic E-state index is 12.0. The second kappa shape index (κ2) is 7.14. The molecule has 0 amide bonds. The van der Waals surface area contributed by atoms with Crippen LogP contribution in [0.15, 0.2) is 59.4 Å². The minimum atomic E-state index is -0.276. The minimum Gasteiger partial charge on any atom is -0.494 e. The number of aromatic hydroxyl groups is 1. The zero-order valence-corrected chi connectivity index (χ0v) is 13.5. The molecule has 3 rings (SSSR count). The SMILES string of the molecule is O=C(COc1ccc(Cc2sc(=O)[nH]c2O)cc1)c1ccccc1. The molecule has 0 aliphatic heterocycles. The maximum Gasteiger partial charge on any atom is 0.307 e. The number of ether oxygens (including phenoxy) is 1. The Kier molecular flexibility index (Phi) is 4.77. The van der Waals surface area contributed by atoms with Gasteiger partial charge in [0, 0.05) is 12.0 Å². The molecule has 0 aliphatic carbocycles. The third-order valence-corrected chi connectivity index (χ3v) is 4.33. The van der Waals surface area contributed by atoms with Gasteiger partial charge in [-0.2, -0.15) is 0 Å². The molecule has 122 valence electrons.